The number of rotatable bonds is 8. The summed E-state index contributed by atoms with van der Waals surface area (Å²) in [5, 5.41) is 8.18. The molecule has 1 aliphatic heterocycles. The van der Waals surface area contributed by atoms with Crippen LogP contribution in [0.2, 0.25) is 0 Å². The van der Waals surface area contributed by atoms with Crippen LogP contribution in [-0.2, 0) is 24.2 Å². The van der Waals surface area contributed by atoms with Gasteiger partial charge in [-0.05, 0) is 55.7 Å². The molecule has 7 heteroatoms. The summed E-state index contributed by atoms with van der Waals surface area (Å²) in [5.74, 6) is 2.54. The summed E-state index contributed by atoms with van der Waals surface area (Å²) in [4.78, 5) is 14.7. The first-order valence-corrected chi connectivity index (χ1v) is 10.7. The summed E-state index contributed by atoms with van der Waals surface area (Å²) < 4.78 is 17.2. The van der Waals surface area contributed by atoms with Crippen LogP contribution in [-0.4, -0.2) is 40.8 Å². The van der Waals surface area contributed by atoms with Crippen molar-refractivity contribution in [3.8, 4) is 23.0 Å². The summed E-state index contributed by atoms with van der Waals surface area (Å²) in [6, 6.07) is 13.7. The van der Waals surface area contributed by atoms with Gasteiger partial charge in [0.2, 0.25) is 17.7 Å². The molecule has 1 amide bonds. The number of aromatic nitrogens is 2. The lowest BCUT2D eigenvalue weighted by Crippen LogP contribution is -2.36. The number of carbonyl (C=O) groups is 1. The lowest BCUT2D eigenvalue weighted by Gasteiger charge is -2.30. The molecule has 1 aliphatic rings. The van der Waals surface area contributed by atoms with Gasteiger partial charge in [-0.1, -0.05) is 18.2 Å². The smallest absolute Gasteiger partial charge is 0.247 e. The predicted octanol–water partition coefficient (Wildman–Crippen LogP) is 4.05. The summed E-state index contributed by atoms with van der Waals surface area (Å²) in [6.45, 7) is 6.32. The molecule has 1 aromatic heterocycles. The van der Waals surface area contributed by atoms with E-state index in [9.17, 15) is 4.79 Å². The van der Waals surface area contributed by atoms with Crippen LogP contribution < -0.4 is 9.47 Å². The number of hydrogen-bond acceptors (Lipinski definition) is 6. The van der Waals surface area contributed by atoms with Gasteiger partial charge in [-0.15, -0.1) is 10.2 Å². The van der Waals surface area contributed by atoms with Crippen LogP contribution in [0.4, 0.5) is 0 Å². The zero-order chi connectivity index (χ0) is 21.6. The maximum Gasteiger partial charge on any atom is 0.247 e. The highest BCUT2D eigenvalue weighted by atomic mass is 16.5. The molecule has 0 fully saturated rings. The van der Waals surface area contributed by atoms with Gasteiger partial charge in [0, 0.05) is 31.5 Å². The van der Waals surface area contributed by atoms with Crippen LogP contribution in [0, 0.1) is 0 Å². The van der Waals surface area contributed by atoms with Gasteiger partial charge in [0.25, 0.3) is 0 Å². The van der Waals surface area contributed by atoms with E-state index < -0.39 is 0 Å². The molecule has 7 nitrogen and oxygen atoms in total. The standard InChI is InChI=1S/C24H27N3O4/c1-3-29-20-14-18-12-13-27(16-19(18)15-21(20)30-4-2)23(28)11-10-22-25-26-24(31-22)17-8-6-5-7-9-17/h5-9,14-15H,3-4,10-13,16H2,1-2H3. The molecule has 0 aliphatic carbocycles. The van der Waals surface area contributed by atoms with Crippen LogP contribution in [0.25, 0.3) is 11.5 Å². The van der Waals surface area contributed by atoms with Crippen molar-refractivity contribution in [2.45, 2.75) is 39.7 Å². The molecule has 0 bridgehead atoms. The topological polar surface area (TPSA) is 77.7 Å². The zero-order valence-electron chi connectivity index (χ0n) is 18.0. The van der Waals surface area contributed by atoms with Crippen molar-refractivity contribution in [2.75, 3.05) is 19.8 Å². The highest BCUT2D eigenvalue weighted by Crippen LogP contribution is 2.34. The number of fused-ring (bicyclic) bond motifs is 1. The largest absolute Gasteiger partial charge is 0.490 e. The van der Waals surface area contributed by atoms with Crippen LogP contribution >= 0.6 is 0 Å². The molecule has 0 radical (unpaired) electrons. The van der Waals surface area contributed by atoms with Crippen molar-refractivity contribution in [1.29, 1.82) is 0 Å². The minimum Gasteiger partial charge on any atom is -0.490 e. The number of nitrogens with zero attached hydrogens (tertiary/aromatic N) is 3. The Morgan fingerprint density at radius 1 is 1.03 bits per heavy atom. The minimum atomic E-state index is 0.0805. The first-order valence-electron chi connectivity index (χ1n) is 10.7. The number of aryl methyl sites for hydroxylation is 1. The van der Waals surface area contributed by atoms with Crippen molar-refractivity contribution in [3.63, 3.8) is 0 Å². The zero-order valence-corrected chi connectivity index (χ0v) is 18.0. The van der Waals surface area contributed by atoms with Crippen molar-refractivity contribution in [2.24, 2.45) is 0 Å². The maximum atomic E-state index is 12.8. The lowest BCUT2D eigenvalue weighted by molar-refractivity contribution is -0.132. The van der Waals surface area contributed by atoms with E-state index in [4.69, 9.17) is 13.9 Å². The monoisotopic (exact) mass is 421 g/mol. The maximum absolute atomic E-state index is 12.8. The Bertz CT molecular complexity index is 1030. The Labute approximate surface area is 182 Å². The summed E-state index contributed by atoms with van der Waals surface area (Å²) in [7, 11) is 0. The summed E-state index contributed by atoms with van der Waals surface area (Å²) in [5.41, 5.74) is 3.19. The number of hydrogen-bond donors (Lipinski definition) is 0. The number of ether oxygens (including phenoxy) is 2. The second kappa shape index (κ2) is 9.64. The molecule has 2 aromatic carbocycles. The molecule has 4 rings (SSSR count). The Hall–Kier alpha value is -3.35. The fraction of sp³-hybridized carbons (Fsp3) is 0.375. The first kappa shape index (κ1) is 20.9. The Balaban J connectivity index is 1.39. The normalized spacial score (nSPS) is 13.0. The third-order valence-electron chi connectivity index (χ3n) is 5.27. The Morgan fingerprint density at radius 2 is 1.74 bits per heavy atom. The van der Waals surface area contributed by atoms with Crippen molar-refractivity contribution >= 4 is 5.91 Å². The lowest BCUT2D eigenvalue weighted by atomic mass is 9.98. The van der Waals surface area contributed by atoms with E-state index in [-0.39, 0.29) is 5.91 Å². The molecular weight excluding hydrogens is 394 g/mol. The fourth-order valence-electron chi connectivity index (χ4n) is 3.74. The van der Waals surface area contributed by atoms with E-state index in [1.54, 1.807) is 0 Å². The van der Waals surface area contributed by atoms with Crippen LogP contribution in [0.1, 0.15) is 37.3 Å². The van der Waals surface area contributed by atoms with Crippen LogP contribution in [0.5, 0.6) is 11.5 Å². The molecule has 0 spiro atoms. The molecule has 3 aromatic rings. The van der Waals surface area contributed by atoms with E-state index in [0.717, 1.165) is 29.0 Å². The van der Waals surface area contributed by atoms with Crippen LogP contribution in [0.15, 0.2) is 46.9 Å². The van der Waals surface area contributed by atoms with Gasteiger partial charge in [-0.3, -0.25) is 4.79 Å². The van der Waals surface area contributed by atoms with Gasteiger partial charge in [-0.25, -0.2) is 0 Å². The van der Waals surface area contributed by atoms with E-state index in [2.05, 4.69) is 16.3 Å². The third kappa shape index (κ3) is 4.87. The van der Waals surface area contributed by atoms with Gasteiger partial charge in [-0.2, -0.15) is 0 Å². The van der Waals surface area contributed by atoms with Gasteiger partial charge < -0.3 is 18.8 Å². The number of amides is 1. The van der Waals surface area contributed by atoms with Gasteiger partial charge in [0.1, 0.15) is 0 Å². The summed E-state index contributed by atoms with van der Waals surface area (Å²) >= 11 is 0. The van der Waals surface area contributed by atoms with E-state index in [1.165, 1.54) is 5.56 Å². The van der Waals surface area contributed by atoms with Crippen molar-refractivity contribution in [1.82, 2.24) is 15.1 Å². The average molecular weight is 421 g/mol. The van der Waals surface area contributed by atoms with E-state index in [0.29, 0.717) is 50.9 Å². The molecule has 0 saturated heterocycles. The van der Waals surface area contributed by atoms with Gasteiger partial charge in [0.15, 0.2) is 11.5 Å². The highest BCUT2D eigenvalue weighted by Gasteiger charge is 2.23. The summed E-state index contributed by atoms with van der Waals surface area (Å²) in [6.07, 6.45) is 1.56. The molecule has 2 heterocycles. The quantitative estimate of drug-likeness (QED) is 0.546. The predicted molar refractivity (Wildman–Crippen MR) is 116 cm³/mol. The van der Waals surface area contributed by atoms with Gasteiger partial charge in [0.05, 0.1) is 13.2 Å². The SMILES string of the molecule is CCOc1cc2c(cc1OCC)CN(C(=O)CCc1nnc(-c3ccccc3)o1)CC2. The first-order chi connectivity index (χ1) is 15.2. The van der Waals surface area contributed by atoms with Crippen molar-refractivity contribution < 1.29 is 18.7 Å². The van der Waals surface area contributed by atoms with Crippen LogP contribution in [0.3, 0.4) is 0 Å². The molecule has 162 valence electrons. The fourth-order valence-corrected chi connectivity index (χ4v) is 3.74. The second-order valence-electron chi connectivity index (χ2n) is 7.37. The van der Waals surface area contributed by atoms with E-state index >= 15 is 0 Å². The number of benzene rings is 2. The molecule has 31 heavy (non-hydrogen) atoms. The second-order valence-corrected chi connectivity index (χ2v) is 7.37. The Morgan fingerprint density at radius 3 is 2.45 bits per heavy atom. The minimum absolute atomic E-state index is 0.0805. The Kier molecular flexibility index (Phi) is 6.50. The molecule has 0 atom stereocenters. The molecule has 0 saturated carbocycles. The highest BCUT2D eigenvalue weighted by molar-refractivity contribution is 5.76. The number of carbonyl (C=O) groups excluding carboxylic acids is 1. The van der Waals surface area contributed by atoms with Gasteiger partial charge >= 0.3 is 0 Å². The molecular formula is C24H27N3O4. The molecule has 0 N–H and O–H groups in total. The van der Waals surface area contributed by atoms with E-state index in [1.807, 2.05) is 55.1 Å². The molecule has 0 unspecified atom stereocenters. The third-order valence-corrected chi connectivity index (χ3v) is 5.27. The average Bonchev–Trinajstić information content (AvgIpc) is 3.27. The van der Waals surface area contributed by atoms with Crippen molar-refractivity contribution in [3.05, 3.63) is 59.5 Å².